The summed E-state index contributed by atoms with van der Waals surface area (Å²) in [5.74, 6) is -0.202. The Morgan fingerprint density at radius 1 is 1.60 bits per heavy atom. The molecule has 0 aromatic heterocycles. The number of phenols is 1. The van der Waals surface area contributed by atoms with Gasteiger partial charge in [-0.05, 0) is 37.5 Å². The lowest BCUT2D eigenvalue weighted by molar-refractivity contribution is -0.146. The molecule has 5 heteroatoms. The summed E-state index contributed by atoms with van der Waals surface area (Å²) in [7, 11) is 0. The number of rotatable bonds is 6. The van der Waals surface area contributed by atoms with Crippen molar-refractivity contribution in [1.29, 1.82) is 0 Å². The number of carbonyl (C=O) groups excluding carboxylic acids is 1. The molecule has 2 unspecified atom stereocenters. The topological polar surface area (TPSA) is 67.8 Å². The van der Waals surface area contributed by atoms with E-state index in [1.165, 1.54) is 0 Å². The van der Waals surface area contributed by atoms with Gasteiger partial charge in [0.25, 0.3) is 0 Å². The van der Waals surface area contributed by atoms with Crippen molar-refractivity contribution in [2.75, 3.05) is 19.8 Å². The molecular formula is C15H21NO4. The maximum Gasteiger partial charge on any atom is 0.327 e. The highest BCUT2D eigenvalue weighted by molar-refractivity contribution is 5.77. The van der Waals surface area contributed by atoms with E-state index in [0.29, 0.717) is 18.7 Å². The zero-order chi connectivity index (χ0) is 14.4. The van der Waals surface area contributed by atoms with Crippen LogP contribution < -0.4 is 5.32 Å². The molecule has 1 aromatic rings. The predicted molar refractivity (Wildman–Crippen MR) is 74.5 cm³/mol. The fourth-order valence-electron chi connectivity index (χ4n) is 2.32. The first-order valence-electron chi connectivity index (χ1n) is 7.01. The molecule has 110 valence electrons. The molecule has 1 saturated heterocycles. The van der Waals surface area contributed by atoms with Gasteiger partial charge in [0.15, 0.2) is 0 Å². The number of aromatic hydroxyl groups is 1. The molecule has 0 aliphatic carbocycles. The molecular weight excluding hydrogens is 258 g/mol. The van der Waals surface area contributed by atoms with Gasteiger partial charge in [-0.2, -0.15) is 0 Å². The van der Waals surface area contributed by atoms with Crippen LogP contribution in [0.15, 0.2) is 24.3 Å². The van der Waals surface area contributed by atoms with Crippen LogP contribution in [-0.2, 0) is 14.3 Å². The average Bonchev–Trinajstić information content (AvgIpc) is 2.92. The summed E-state index contributed by atoms with van der Waals surface area (Å²) in [5.41, 5.74) is 0.696. The Morgan fingerprint density at radius 2 is 2.45 bits per heavy atom. The van der Waals surface area contributed by atoms with E-state index in [0.717, 1.165) is 19.4 Å². The second kappa shape index (κ2) is 7.26. The van der Waals surface area contributed by atoms with Crippen LogP contribution >= 0.6 is 0 Å². The fraction of sp³-hybridized carbons (Fsp3) is 0.533. The van der Waals surface area contributed by atoms with E-state index in [2.05, 4.69) is 5.32 Å². The van der Waals surface area contributed by atoms with E-state index in [1.54, 1.807) is 31.2 Å². The van der Waals surface area contributed by atoms with E-state index in [1.807, 2.05) is 0 Å². The Hall–Kier alpha value is -1.59. The van der Waals surface area contributed by atoms with Crippen LogP contribution in [0, 0.1) is 0 Å². The van der Waals surface area contributed by atoms with Crippen molar-refractivity contribution < 1.29 is 19.4 Å². The van der Waals surface area contributed by atoms with Crippen LogP contribution in [0.3, 0.4) is 0 Å². The Kier molecular flexibility index (Phi) is 5.38. The van der Waals surface area contributed by atoms with Crippen LogP contribution in [0.5, 0.6) is 5.75 Å². The van der Waals surface area contributed by atoms with Crippen molar-refractivity contribution in [3.8, 4) is 5.75 Å². The normalized spacial score (nSPS) is 19.8. The second-order valence-electron chi connectivity index (χ2n) is 4.82. The zero-order valence-electron chi connectivity index (χ0n) is 11.7. The Bertz CT molecular complexity index is 443. The molecule has 1 aliphatic rings. The lowest BCUT2D eigenvalue weighted by Crippen LogP contribution is -2.35. The van der Waals surface area contributed by atoms with Gasteiger partial charge in [0, 0.05) is 13.2 Å². The van der Waals surface area contributed by atoms with Gasteiger partial charge in [-0.25, -0.2) is 4.79 Å². The minimum Gasteiger partial charge on any atom is -0.508 e. The third-order valence-electron chi connectivity index (χ3n) is 3.30. The number of nitrogens with one attached hydrogen (secondary N) is 1. The van der Waals surface area contributed by atoms with Crippen molar-refractivity contribution >= 4 is 5.97 Å². The summed E-state index contributed by atoms with van der Waals surface area (Å²) >= 11 is 0. The third kappa shape index (κ3) is 3.95. The zero-order valence-corrected chi connectivity index (χ0v) is 11.7. The maximum absolute atomic E-state index is 12.1. The minimum absolute atomic E-state index is 0.135. The average molecular weight is 279 g/mol. The highest BCUT2D eigenvalue weighted by Gasteiger charge is 2.24. The number of carbonyl (C=O) groups is 1. The standard InChI is InChI=1S/C15H21NO4/c1-2-19-15(18)14(11-5-3-6-12(17)9-11)16-10-13-7-4-8-20-13/h3,5-6,9,13-14,16-17H,2,4,7-8,10H2,1H3. The van der Waals surface area contributed by atoms with E-state index < -0.39 is 6.04 Å². The molecule has 2 rings (SSSR count). The first-order valence-corrected chi connectivity index (χ1v) is 7.01. The number of phenolic OH excluding ortho intramolecular Hbond substituents is 1. The van der Waals surface area contributed by atoms with Crippen molar-refractivity contribution in [3.05, 3.63) is 29.8 Å². The number of hydrogen-bond acceptors (Lipinski definition) is 5. The number of hydrogen-bond donors (Lipinski definition) is 2. The van der Waals surface area contributed by atoms with E-state index in [9.17, 15) is 9.90 Å². The molecule has 2 N–H and O–H groups in total. The fourth-order valence-corrected chi connectivity index (χ4v) is 2.32. The first-order chi connectivity index (χ1) is 9.70. The lowest BCUT2D eigenvalue weighted by atomic mass is 10.1. The molecule has 0 amide bonds. The maximum atomic E-state index is 12.1. The SMILES string of the molecule is CCOC(=O)C(NCC1CCCO1)c1cccc(O)c1. The monoisotopic (exact) mass is 279 g/mol. The number of benzene rings is 1. The van der Waals surface area contributed by atoms with Crippen molar-refractivity contribution in [1.82, 2.24) is 5.32 Å². The van der Waals surface area contributed by atoms with E-state index >= 15 is 0 Å². The van der Waals surface area contributed by atoms with Gasteiger partial charge in [-0.15, -0.1) is 0 Å². The molecule has 1 aliphatic heterocycles. The highest BCUT2D eigenvalue weighted by atomic mass is 16.5. The van der Waals surface area contributed by atoms with Crippen LogP contribution in [0.2, 0.25) is 0 Å². The molecule has 20 heavy (non-hydrogen) atoms. The van der Waals surface area contributed by atoms with Crippen LogP contribution in [0.1, 0.15) is 31.4 Å². The van der Waals surface area contributed by atoms with Gasteiger partial charge in [0.05, 0.1) is 12.7 Å². The molecule has 0 radical (unpaired) electrons. The molecule has 2 atom stereocenters. The number of esters is 1. The second-order valence-corrected chi connectivity index (χ2v) is 4.82. The quantitative estimate of drug-likeness (QED) is 0.777. The Labute approximate surface area is 118 Å². The first kappa shape index (κ1) is 14.8. The van der Waals surface area contributed by atoms with Gasteiger partial charge >= 0.3 is 5.97 Å². The molecule has 0 spiro atoms. The van der Waals surface area contributed by atoms with Crippen molar-refractivity contribution in [2.24, 2.45) is 0 Å². The lowest BCUT2D eigenvalue weighted by Gasteiger charge is -2.20. The van der Waals surface area contributed by atoms with E-state index in [-0.39, 0.29) is 17.8 Å². The molecule has 0 saturated carbocycles. The molecule has 0 bridgehead atoms. The molecule has 5 nitrogen and oxygen atoms in total. The van der Waals surface area contributed by atoms with Crippen molar-refractivity contribution in [3.63, 3.8) is 0 Å². The minimum atomic E-state index is -0.578. The molecule has 1 heterocycles. The molecule has 1 aromatic carbocycles. The van der Waals surface area contributed by atoms with Crippen LogP contribution in [0.4, 0.5) is 0 Å². The van der Waals surface area contributed by atoms with Crippen LogP contribution in [-0.4, -0.2) is 36.9 Å². The summed E-state index contributed by atoms with van der Waals surface area (Å²) in [6.45, 7) is 3.48. The van der Waals surface area contributed by atoms with E-state index in [4.69, 9.17) is 9.47 Å². The largest absolute Gasteiger partial charge is 0.508 e. The summed E-state index contributed by atoms with van der Waals surface area (Å²) in [4.78, 5) is 12.1. The highest BCUT2D eigenvalue weighted by Crippen LogP contribution is 2.20. The third-order valence-corrected chi connectivity index (χ3v) is 3.30. The van der Waals surface area contributed by atoms with Gasteiger partial charge in [0.1, 0.15) is 11.8 Å². The summed E-state index contributed by atoms with van der Waals surface area (Å²) in [6, 6.07) is 6.08. The number of ether oxygens (including phenoxy) is 2. The Morgan fingerprint density at radius 3 is 3.10 bits per heavy atom. The molecule has 1 fully saturated rings. The summed E-state index contributed by atoms with van der Waals surface area (Å²) < 4.78 is 10.6. The van der Waals surface area contributed by atoms with Crippen molar-refractivity contribution in [2.45, 2.75) is 31.9 Å². The summed E-state index contributed by atoms with van der Waals surface area (Å²) in [6.07, 6.45) is 2.20. The Balaban J connectivity index is 2.05. The predicted octanol–water partition coefficient (Wildman–Crippen LogP) is 1.76. The van der Waals surface area contributed by atoms with Gasteiger partial charge < -0.3 is 14.6 Å². The van der Waals surface area contributed by atoms with Gasteiger partial charge in [0.2, 0.25) is 0 Å². The smallest absolute Gasteiger partial charge is 0.327 e. The van der Waals surface area contributed by atoms with Gasteiger partial charge in [-0.1, -0.05) is 12.1 Å². The van der Waals surface area contributed by atoms with Gasteiger partial charge in [-0.3, -0.25) is 5.32 Å². The van der Waals surface area contributed by atoms with Crippen LogP contribution in [0.25, 0.3) is 0 Å². The summed E-state index contributed by atoms with van der Waals surface area (Å²) in [5, 5.41) is 12.7.